The number of piperidine rings is 1. The normalized spacial score (nSPS) is 20.8. The first-order chi connectivity index (χ1) is 7.68. The first-order valence-corrected chi connectivity index (χ1v) is 5.41. The summed E-state index contributed by atoms with van der Waals surface area (Å²) in [7, 11) is 0. The van der Waals surface area contributed by atoms with Gasteiger partial charge in [-0.1, -0.05) is 0 Å². The Morgan fingerprint density at radius 1 is 1.62 bits per heavy atom. The van der Waals surface area contributed by atoms with E-state index in [4.69, 9.17) is 11.1 Å². The number of nitrogens with zero attached hydrogens (tertiary/aromatic N) is 2. The van der Waals surface area contributed by atoms with E-state index in [-0.39, 0.29) is 11.9 Å². The van der Waals surface area contributed by atoms with E-state index < -0.39 is 0 Å². The summed E-state index contributed by atoms with van der Waals surface area (Å²) in [6.45, 7) is 1.42. The molecule has 16 heavy (non-hydrogen) atoms. The fourth-order valence-electron chi connectivity index (χ4n) is 2.01. The average Bonchev–Trinajstić information content (AvgIpc) is 2.29. The van der Waals surface area contributed by atoms with Crippen LogP contribution in [0.15, 0.2) is 18.3 Å². The first kappa shape index (κ1) is 10.9. The van der Waals surface area contributed by atoms with E-state index in [0.29, 0.717) is 17.9 Å². The number of aliphatic hydroxyl groups excluding tert-OH is 1. The number of anilines is 1. The molecule has 1 aromatic heterocycles. The van der Waals surface area contributed by atoms with Gasteiger partial charge in [0.25, 0.3) is 0 Å². The van der Waals surface area contributed by atoms with Gasteiger partial charge in [-0.2, -0.15) is 0 Å². The van der Waals surface area contributed by atoms with Gasteiger partial charge in [-0.3, -0.25) is 5.41 Å². The Morgan fingerprint density at radius 3 is 3.12 bits per heavy atom. The third-order valence-corrected chi connectivity index (χ3v) is 2.77. The van der Waals surface area contributed by atoms with Crippen LogP contribution in [0.5, 0.6) is 0 Å². The Labute approximate surface area is 94.4 Å². The van der Waals surface area contributed by atoms with Gasteiger partial charge in [0.2, 0.25) is 0 Å². The van der Waals surface area contributed by atoms with Gasteiger partial charge in [-0.15, -0.1) is 0 Å². The van der Waals surface area contributed by atoms with Crippen molar-refractivity contribution in [3.63, 3.8) is 0 Å². The van der Waals surface area contributed by atoms with E-state index in [0.717, 1.165) is 19.4 Å². The highest BCUT2D eigenvalue weighted by Crippen LogP contribution is 2.21. The molecule has 0 amide bonds. The maximum atomic E-state index is 9.62. The van der Waals surface area contributed by atoms with Crippen LogP contribution in [0.2, 0.25) is 0 Å². The van der Waals surface area contributed by atoms with E-state index in [1.165, 1.54) is 0 Å². The van der Waals surface area contributed by atoms with Crippen molar-refractivity contribution in [3.8, 4) is 0 Å². The maximum Gasteiger partial charge on any atom is 0.139 e. The average molecular weight is 220 g/mol. The van der Waals surface area contributed by atoms with E-state index >= 15 is 0 Å². The number of nitrogens with two attached hydrogens (primary N) is 1. The Hall–Kier alpha value is -1.62. The molecule has 86 valence electrons. The highest BCUT2D eigenvalue weighted by Gasteiger charge is 2.21. The second-order valence-corrected chi connectivity index (χ2v) is 4.03. The van der Waals surface area contributed by atoms with Gasteiger partial charge < -0.3 is 15.7 Å². The van der Waals surface area contributed by atoms with Crippen molar-refractivity contribution in [2.45, 2.75) is 18.9 Å². The zero-order valence-electron chi connectivity index (χ0n) is 9.06. The van der Waals surface area contributed by atoms with E-state index in [1.807, 2.05) is 4.90 Å². The molecule has 1 unspecified atom stereocenters. The third kappa shape index (κ3) is 2.14. The summed E-state index contributed by atoms with van der Waals surface area (Å²) in [6.07, 6.45) is 3.15. The lowest BCUT2D eigenvalue weighted by Gasteiger charge is -2.32. The zero-order valence-corrected chi connectivity index (χ0v) is 9.06. The molecular formula is C11H16N4O. The maximum absolute atomic E-state index is 9.62. The number of nitrogen functional groups attached to an aromatic ring is 1. The third-order valence-electron chi connectivity index (χ3n) is 2.77. The highest BCUT2D eigenvalue weighted by atomic mass is 16.3. The zero-order chi connectivity index (χ0) is 11.5. The Morgan fingerprint density at radius 2 is 2.44 bits per heavy atom. The lowest BCUT2D eigenvalue weighted by atomic mass is 10.1. The molecule has 1 aromatic rings. The first-order valence-electron chi connectivity index (χ1n) is 5.41. The van der Waals surface area contributed by atoms with Crippen LogP contribution in [0.25, 0.3) is 0 Å². The molecule has 4 N–H and O–H groups in total. The molecule has 0 aromatic carbocycles. The van der Waals surface area contributed by atoms with Crippen molar-refractivity contribution >= 4 is 11.7 Å². The van der Waals surface area contributed by atoms with Gasteiger partial charge in [0, 0.05) is 19.3 Å². The molecule has 1 aliphatic heterocycles. The number of nitrogens with one attached hydrogen (secondary N) is 1. The fourth-order valence-corrected chi connectivity index (χ4v) is 2.01. The van der Waals surface area contributed by atoms with Crippen LogP contribution in [0.1, 0.15) is 18.4 Å². The Balaban J connectivity index is 2.28. The summed E-state index contributed by atoms with van der Waals surface area (Å²) in [5.41, 5.74) is 6.15. The molecule has 1 saturated heterocycles. The largest absolute Gasteiger partial charge is 0.391 e. The van der Waals surface area contributed by atoms with Crippen molar-refractivity contribution in [2.24, 2.45) is 5.73 Å². The molecule has 2 heterocycles. The van der Waals surface area contributed by atoms with Crippen molar-refractivity contribution in [1.29, 1.82) is 5.41 Å². The summed E-state index contributed by atoms with van der Waals surface area (Å²) >= 11 is 0. The summed E-state index contributed by atoms with van der Waals surface area (Å²) < 4.78 is 0. The monoisotopic (exact) mass is 220 g/mol. The number of amidine groups is 1. The summed E-state index contributed by atoms with van der Waals surface area (Å²) in [6, 6.07) is 3.55. The summed E-state index contributed by atoms with van der Waals surface area (Å²) in [4.78, 5) is 6.24. The second kappa shape index (κ2) is 4.49. The minimum atomic E-state index is -0.310. The number of pyridine rings is 1. The summed E-state index contributed by atoms with van der Waals surface area (Å²) in [5.74, 6) is 0.719. The SMILES string of the molecule is N=C(N)c1cccnc1N1CCCC(O)C1. The lowest BCUT2D eigenvalue weighted by molar-refractivity contribution is 0.154. The molecule has 0 spiro atoms. The number of aliphatic hydroxyl groups is 1. The van der Waals surface area contributed by atoms with Crippen LogP contribution >= 0.6 is 0 Å². The Bertz CT molecular complexity index is 393. The minimum absolute atomic E-state index is 0.0168. The number of hydrogen-bond donors (Lipinski definition) is 3. The fraction of sp³-hybridized carbons (Fsp3) is 0.455. The molecule has 1 aliphatic rings. The second-order valence-electron chi connectivity index (χ2n) is 4.03. The predicted octanol–water partition coefficient (Wildman–Crippen LogP) is 0.327. The van der Waals surface area contributed by atoms with Crippen LogP contribution in [-0.4, -0.2) is 35.1 Å². The minimum Gasteiger partial charge on any atom is -0.391 e. The molecule has 5 nitrogen and oxygen atoms in total. The van der Waals surface area contributed by atoms with Gasteiger partial charge in [0.05, 0.1) is 11.7 Å². The van der Waals surface area contributed by atoms with E-state index in [2.05, 4.69) is 4.98 Å². The number of rotatable bonds is 2. The van der Waals surface area contributed by atoms with Crippen LogP contribution in [0, 0.1) is 5.41 Å². The molecular weight excluding hydrogens is 204 g/mol. The van der Waals surface area contributed by atoms with Crippen molar-refractivity contribution in [2.75, 3.05) is 18.0 Å². The summed E-state index contributed by atoms with van der Waals surface area (Å²) in [5, 5.41) is 17.1. The van der Waals surface area contributed by atoms with Gasteiger partial charge in [-0.05, 0) is 25.0 Å². The predicted molar refractivity (Wildman–Crippen MR) is 62.7 cm³/mol. The van der Waals surface area contributed by atoms with Gasteiger partial charge in [-0.25, -0.2) is 4.98 Å². The van der Waals surface area contributed by atoms with Crippen LogP contribution in [-0.2, 0) is 0 Å². The molecule has 0 saturated carbocycles. The van der Waals surface area contributed by atoms with Crippen molar-refractivity contribution in [1.82, 2.24) is 4.98 Å². The highest BCUT2D eigenvalue weighted by molar-refractivity contribution is 5.99. The van der Waals surface area contributed by atoms with Gasteiger partial charge >= 0.3 is 0 Å². The smallest absolute Gasteiger partial charge is 0.139 e. The van der Waals surface area contributed by atoms with E-state index in [1.54, 1.807) is 18.3 Å². The number of aromatic nitrogens is 1. The van der Waals surface area contributed by atoms with Gasteiger partial charge in [0.1, 0.15) is 11.7 Å². The molecule has 0 radical (unpaired) electrons. The van der Waals surface area contributed by atoms with Crippen LogP contribution in [0.4, 0.5) is 5.82 Å². The molecule has 0 bridgehead atoms. The molecule has 2 rings (SSSR count). The van der Waals surface area contributed by atoms with E-state index in [9.17, 15) is 5.11 Å². The molecule has 5 heteroatoms. The van der Waals surface area contributed by atoms with Crippen LogP contribution < -0.4 is 10.6 Å². The Kier molecular flexibility index (Phi) is 3.05. The van der Waals surface area contributed by atoms with Crippen molar-refractivity contribution in [3.05, 3.63) is 23.9 Å². The quantitative estimate of drug-likeness (QED) is 0.495. The van der Waals surface area contributed by atoms with Crippen molar-refractivity contribution < 1.29 is 5.11 Å². The molecule has 1 atom stereocenters. The standard InChI is InChI=1S/C11H16N4O/c12-10(13)9-4-1-5-14-11(9)15-6-2-3-8(16)7-15/h1,4-5,8,16H,2-3,6-7H2,(H3,12,13). The van der Waals surface area contributed by atoms with Crippen LogP contribution in [0.3, 0.4) is 0 Å². The molecule has 0 aliphatic carbocycles. The number of hydrogen-bond acceptors (Lipinski definition) is 4. The lowest BCUT2D eigenvalue weighted by Crippen LogP contribution is -2.39. The molecule has 1 fully saturated rings. The topological polar surface area (TPSA) is 86.2 Å². The number of β-amino-alcohol motifs (C(OH)–C–C–N with tert-alkyl or cyclic N) is 1. The van der Waals surface area contributed by atoms with Gasteiger partial charge in [0.15, 0.2) is 0 Å².